The summed E-state index contributed by atoms with van der Waals surface area (Å²) < 4.78 is 2.97. The zero-order valence-corrected chi connectivity index (χ0v) is 15.1. The minimum atomic E-state index is -0.494. The van der Waals surface area contributed by atoms with E-state index in [-0.39, 0.29) is 17.2 Å². The number of benzene rings is 2. The molecule has 0 aliphatic carbocycles. The van der Waals surface area contributed by atoms with E-state index in [9.17, 15) is 14.9 Å². The van der Waals surface area contributed by atoms with E-state index in [0.29, 0.717) is 13.9 Å². The highest BCUT2D eigenvalue weighted by molar-refractivity contribution is 8.01. The molecule has 0 aliphatic rings. The number of carbonyl (C=O) groups is 1. The first kappa shape index (κ1) is 17.5. The molecule has 0 fully saturated rings. The van der Waals surface area contributed by atoms with Crippen molar-refractivity contribution in [2.24, 2.45) is 0 Å². The van der Waals surface area contributed by atoms with Crippen LogP contribution in [0.15, 0.2) is 58.9 Å². The second-order valence-corrected chi connectivity index (χ2v) is 7.74. The lowest BCUT2D eigenvalue weighted by Crippen LogP contribution is -2.02. The lowest BCUT2D eigenvalue weighted by molar-refractivity contribution is -0.384. The molecule has 3 rings (SSSR count). The molecule has 0 saturated heterocycles. The highest BCUT2D eigenvalue weighted by Crippen LogP contribution is 2.25. The predicted octanol–water partition coefficient (Wildman–Crippen LogP) is 4.55. The summed E-state index contributed by atoms with van der Waals surface area (Å²) in [5.41, 5.74) is 1.27. The Balaban J connectivity index is 1.68. The molecule has 0 amide bonds. The lowest BCUT2D eigenvalue weighted by Gasteiger charge is -2.00. The fraction of sp³-hybridized carbons (Fsp3) is 0.0625. The number of para-hydroxylation sites is 1. The standard InChI is InChI=1S/C16H11N3O3S3/c20-14(11-6-8-13(9-7-11)19(21)22)10-24-15-17-18(16(23)25-15)12-4-2-1-3-5-12/h1-9H,10H2. The second-order valence-electron chi connectivity index (χ2n) is 4.90. The van der Waals surface area contributed by atoms with E-state index in [2.05, 4.69) is 5.10 Å². The van der Waals surface area contributed by atoms with Crippen LogP contribution in [0.2, 0.25) is 0 Å². The zero-order chi connectivity index (χ0) is 17.8. The Morgan fingerprint density at radius 3 is 2.52 bits per heavy atom. The SMILES string of the molecule is O=C(CSc1nn(-c2ccccc2)c(=S)s1)c1ccc([N+](=O)[O-])cc1. The highest BCUT2D eigenvalue weighted by Gasteiger charge is 2.12. The number of nitro benzene ring substituents is 1. The Bertz CT molecular complexity index is 966. The minimum Gasteiger partial charge on any atom is -0.293 e. The van der Waals surface area contributed by atoms with E-state index in [0.717, 1.165) is 5.69 Å². The first-order valence-electron chi connectivity index (χ1n) is 7.10. The monoisotopic (exact) mass is 389 g/mol. The summed E-state index contributed by atoms with van der Waals surface area (Å²) in [5.74, 6) is 0.0711. The summed E-state index contributed by atoms with van der Waals surface area (Å²) >= 11 is 7.96. The maximum atomic E-state index is 12.2. The molecule has 126 valence electrons. The van der Waals surface area contributed by atoms with Gasteiger partial charge < -0.3 is 0 Å². The Morgan fingerprint density at radius 2 is 1.88 bits per heavy atom. The van der Waals surface area contributed by atoms with Crippen molar-refractivity contribution in [2.45, 2.75) is 4.34 Å². The fourth-order valence-electron chi connectivity index (χ4n) is 2.03. The number of thioether (sulfide) groups is 1. The molecular formula is C16H11N3O3S3. The van der Waals surface area contributed by atoms with E-state index < -0.39 is 4.92 Å². The van der Waals surface area contributed by atoms with E-state index in [1.54, 1.807) is 4.68 Å². The van der Waals surface area contributed by atoms with Crippen molar-refractivity contribution >= 4 is 46.8 Å². The highest BCUT2D eigenvalue weighted by atomic mass is 32.2. The number of hydrogen-bond donors (Lipinski definition) is 0. The molecule has 0 saturated carbocycles. The number of rotatable bonds is 6. The number of aromatic nitrogens is 2. The number of Topliss-reactive ketones (excluding diaryl/α,β-unsaturated/α-hetero) is 1. The van der Waals surface area contributed by atoms with Gasteiger partial charge in [-0.05, 0) is 36.5 Å². The molecule has 3 aromatic rings. The van der Waals surface area contributed by atoms with Gasteiger partial charge in [0, 0.05) is 17.7 Å². The van der Waals surface area contributed by atoms with Gasteiger partial charge in [-0.3, -0.25) is 14.9 Å². The Kier molecular flexibility index (Phi) is 5.37. The smallest absolute Gasteiger partial charge is 0.269 e. The molecule has 0 radical (unpaired) electrons. The number of carbonyl (C=O) groups excluding carboxylic acids is 1. The average Bonchev–Trinajstić information content (AvgIpc) is 3.01. The van der Waals surface area contributed by atoms with Crippen LogP contribution in [0, 0.1) is 14.1 Å². The molecule has 0 spiro atoms. The van der Waals surface area contributed by atoms with Crippen molar-refractivity contribution in [1.82, 2.24) is 9.78 Å². The number of nitro groups is 1. The van der Waals surface area contributed by atoms with Crippen LogP contribution in [0.4, 0.5) is 5.69 Å². The van der Waals surface area contributed by atoms with Crippen molar-refractivity contribution in [3.8, 4) is 5.69 Å². The van der Waals surface area contributed by atoms with Crippen LogP contribution >= 0.6 is 35.3 Å². The number of nitrogens with zero attached hydrogens (tertiary/aromatic N) is 3. The summed E-state index contributed by atoms with van der Waals surface area (Å²) in [5, 5.41) is 15.1. The van der Waals surface area contributed by atoms with Crippen molar-refractivity contribution < 1.29 is 9.72 Å². The number of non-ortho nitro benzene ring substituents is 1. The predicted molar refractivity (Wildman–Crippen MR) is 100 cm³/mol. The van der Waals surface area contributed by atoms with Gasteiger partial charge in [0.15, 0.2) is 14.1 Å². The van der Waals surface area contributed by atoms with Gasteiger partial charge in [-0.1, -0.05) is 41.3 Å². The second kappa shape index (κ2) is 7.68. The first-order chi connectivity index (χ1) is 12.0. The molecule has 9 heteroatoms. The van der Waals surface area contributed by atoms with E-state index >= 15 is 0 Å². The van der Waals surface area contributed by atoms with Gasteiger partial charge in [0.05, 0.1) is 16.4 Å². The Labute approximate surface area is 156 Å². The van der Waals surface area contributed by atoms with E-state index in [1.807, 2.05) is 30.3 Å². The van der Waals surface area contributed by atoms with Crippen molar-refractivity contribution in [3.05, 3.63) is 74.2 Å². The maximum Gasteiger partial charge on any atom is 0.269 e. The van der Waals surface area contributed by atoms with Crippen molar-refractivity contribution in [2.75, 3.05) is 5.75 Å². The van der Waals surface area contributed by atoms with Gasteiger partial charge in [-0.15, -0.1) is 5.10 Å². The Hall–Kier alpha value is -2.36. The molecule has 0 atom stereocenters. The molecule has 2 aromatic carbocycles. The summed E-state index contributed by atoms with van der Waals surface area (Å²) in [6.07, 6.45) is 0. The summed E-state index contributed by atoms with van der Waals surface area (Å²) in [6.45, 7) is 0. The lowest BCUT2D eigenvalue weighted by atomic mass is 10.1. The fourth-order valence-corrected chi connectivity index (χ4v) is 4.29. The number of hydrogen-bond acceptors (Lipinski definition) is 7. The van der Waals surface area contributed by atoms with Crippen LogP contribution in [0.25, 0.3) is 5.69 Å². The molecule has 6 nitrogen and oxygen atoms in total. The van der Waals surface area contributed by atoms with Gasteiger partial charge in [-0.25, -0.2) is 4.68 Å². The summed E-state index contributed by atoms with van der Waals surface area (Å²) in [7, 11) is 0. The van der Waals surface area contributed by atoms with Gasteiger partial charge >= 0.3 is 0 Å². The van der Waals surface area contributed by atoms with Crippen LogP contribution in [0.5, 0.6) is 0 Å². The molecule has 1 heterocycles. The third-order valence-corrected chi connectivity index (χ3v) is 5.62. The van der Waals surface area contributed by atoms with Crippen LogP contribution in [-0.4, -0.2) is 26.2 Å². The third kappa shape index (κ3) is 4.19. The summed E-state index contributed by atoms with van der Waals surface area (Å²) in [4.78, 5) is 22.4. The van der Waals surface area contributed by atoms with E-state index in [1.165, 1.54) is 47.4 Å². The van der Waals surface area contributed by atoms with Crippen LogP contribution in [-0.2, 0) is 0 Å². The van der Waals surface area contributed by atoms with Crippen LogP contribution in [0.3, 0.4) is 0 Å². The third-order valence-electron chi connectivity index (χ3n) is 3.26. The molecule has 0 unspecified atom stereocenters. The van der Waals surface area contributed by atoms with Crippen molar-refractivity contribution in [3.63, 3.8) is 0 Å². The largest absolute Gasteiger partial charge is 0.293 e. The normalized spacial score (nSPS) is 10.6. The molecule has 25 heavy (non-hydrogen) atoms. The van der Waals surface area contributed by atoms with Gasteiger partial charge in [0.1, 0.15) is 0 Å². The minimum absolute atomic E-state index is 0.0382. The average molecular weight is 389 g/mol. The Morgan fingerprint density at radius 1 is 1.20 bits per heavy atom. The zero-order valence-electron chi connectivity index (χ0n) is 12.7. The quantitative estimate of drug-likeness (QED) is 0.202. The van der Waals surface area contributed by atoms with Gasteiger partial charge in [0.2, 0.25) is 0 Å². The first-order valence-corrected chi connectivity index (χ1v) is 9.31. The maximum absolute atomic E-state index is 12.2. The number of ketones is 1. The van der Waals surface area contributed by atoms with Gasteiger partial charge in [-0.2, -0.15) is 0 Å². The molecule has 1 aromatic heterocycles. The molecule has 0 N–H and O–H groups in total. The van der Waals surface area contributed by atoms with E-state index in [4.69, 9.17) is 12.2 Å². The van der Waals surface area contributed by atoms with Crippen molar-refractivity contribution in [1.29, 1.82) is 0 Å². The van der Waals surface area contributed by atoms with Gasteiger partial charge in [0.25, 0.3) is 5.69 Å². The molecule has 0 bridgehead atoms. The topological polar surface area (TPSA) is 78.0 Å². The molecular weight excluding hydrogens is 378 g/mol. The van der Waals surface area contributed by atoms with Crippen LogP contribution < -0.4 is 0 Å². The van der Waals surface area contributed by atoms with Crippen LogP contribution in [0.1, 0.15) is 10.4 Å². The summed E-state index contributed by atoms with van der Waals surface area (Å²) in [6, 6.07) is 15.1. The molecule has 0 aliphatic heterocycles.